The van der Waals surface area contributed by atoms with Gasteiger partial charge in [0.2, 0.25) is 0 Å². The summed E-state index contributed by atoms with van der Waals surface area (Å²) in [6.07, 6.45) is 0. The lowest BCUT2D eigenvalue weighted by molar-refractivity contribution is 0.235. The van der Waals surface area contributed by atoms with Gasteiger partial charge < -0.3 is 10.4 Å². The Morgan fingerprint density at radius 2 is 1.90 bits per heavy atom. The van der Waals surface area contributed by atoms with Gasteiger partial charge in [-0.2, -0.15) is 0 Å². The molecule has 0 radical (unpaired) electrons. The van der Waals surface area contributed by atoms with Gasteiger partial charge >= 0.3 is 0 Å². The van der Waals surface area contributed by atoms with Crippen molar-refractivity contribution in [2.24, 2.45) is 0 Å². The summed E-state index contributed by atoms with van der Waals surface area (Å²) in [5.41, 5.74) is 2.08. The number of aliphatic hydroxyl groups excluding tert-OH is 1. The Kier molecular flexibility index (Phi) is 5.61. The van der Waals surface area contributed by atoms with Crippen LogP contribution in [0.15, 0.2) is 53.0 Å². The van der Waals surface area contributed by atoms with Crippen molar-refractivity contribution in [1.29, 1.82) is 0 Å². The minimum Gasteiger partial charge on any atom is -0.394 e. The highest BCUT2D eigenvalue weighted by atomic mass is 79.9. The van der Waals surface area contributed by atoms with Gasteiger partial charge in [0.1, 0.15) is 0 Å². The molecule has 0 heterocycles. The summed E-state index contributed by atoms with van der Waals surface area (Å²) < 4.78 is 0.959. The van der Waals surface area contributed by atoms with E-state index in [9.17, 15) is 5.11 Å². The molecule has 20 heavy (non-hydrogen) atoms. The van der Waals surface area contributed by atoms with Crippen molar-refractivity contribution in [2.45, 2.75) is 19.0 Å². The van der Waals surface area contributed by atoms with E-state index in [0.29, 0.717) is 5.02 Å². The van der Waals surface area contributed by atoms with Crippen LogP contribution >= 0.6 is 27.5 Å². The third-order valence-corrected chi connectivity index (χ3v) is 4.09. The summed E-state index contributed by atoms with van der Waals surface area (Å²) in [6, 6.07) is 15.7. The third-order valence-electron chi connectivity index (χ3n) is 3.26. The van der Waals surface area contributed by atoms with Crippen LogP contribution in [0, 0.1) is 0 Å². The number of hydrogen-bond acceptors (Lipinski definition) is 2. The van der Waals surface area contributed by atoms with Crippen LogP contribution in [0.1, 0.15) is 30.1 Å². The largest absolute Gasteiger partial charge is 0.394 e. The molecule has 0 fully saturated rings. The van der Waals surface area contributed by atoms with Crippen LogP contribution in [0.4, 0.5) is 0 Å². The molecule has 0 saturated carbocycles. The first-order valence-corrected chi connectivity index (χ1v) is 7.65. The van der Waals surface area contributed by atoms with Crippen LogP contribution < -0.4 is 5.32 Å². The highest BCUT2D eigenvalue weighted by Crippen LogP contribution is 2.28. The lowest BCUT2D eigenvalue weighted by Gasteiger charge is -2.23. The van der Waals surface area contributed by atoms with Crippen LogP contribution in [0.5, 0.6) is 0 Å². The molecule has 1 unspecified atom stereocenters. The van der Waals surface area contributed by atoms with Crippen molar-refractivity contribution in [2.75, 3.05) is 6.61 Å². The molecule has 106 valence electrons. The fraction of sp³-hybridized carbons (Fsp3) is 0.250. The number of rotatable bonds is 5. The lowest BCUT2D eigenvalue weighted by Crippen LogP contribution is -2.27. The van der Waals surface area contributed by atoms with Crippen LogP contribution in [0.2, 0.25) is 5.02 Å². The Morgan fingerprint density at radius 3 is 2.50 bits per heavy atom. The molecule has 0 spiro atoms. The van der Waals surface area contributed by atoms with Crippen LogP contribution in [-0.2, 0) is 0 Å². The number of halogens is 2. The second-order valence-corrected chi connectivity index (χ2v) is 6.02. The van der Waals surface area contributed by atoms with Gasteiger partial charge in [-0.15, -0.1) is 0 Å². The van der Waals surface area contributed by atoms with Crippen LogP contribution in [0.3, 0.4) is 0 Å². The van der Waals surface area contributed by atoms with Gasteiger partial charge in [-0.05, 0) is 30.2 Å². The zero-order valence-electron chi connectivity index (χ0n) is 11.2. The van der Waals surface area contributed by atoms with Gasteiger partial charge in [0, 0.05) is 15.5 Å². The third kappa shape index (κ3) is 3.83. The molecule has 2 atom stereocenters. The van der Waals surface area contributed by atoms with Gasteiger partial charge in [-0.1, -0.05) is 63.9 Å². The average molecular weight is 355 g/mol. The van der Waals surface area contributed by atoms with Gasteiger partial charge in [0.15, 0.2) is 0 Å². The maximum Gasteiger partial charge on any atom is 0.0626 e. The van der Waals surface area contributed by atoms with E-state index < -0.39 is 0 Å². The molecule has 0 aliphatic heterocycles. The van der Waals surface area contributed by atoms with E-state index in [0.717, 1.165) is 15.6 Å². The Balaban J connectivity index is 2.15. The van der Waals surface area contributed by atoms with E-state index in [2.05, 4.69) is 21.2 Å². The Hall–Kier alpha value is -0.870. The van der Waals surface area contributed by atoms with Crippen molar-refractivity contribution in [3.05, 3.63) is 69.2 Å². The Labute approximate surface area is 132 Å². The predicted molar refractivity (Wildman–Crippen MR) is 87.0 cm³/mol. The van der Waals surface area contributed by atoms with Crippen molar-refractivity contribution in [1.82, 2.24) is 5.32 Å². The number of nitrogens with one attached hydrogen (secondary N) is 1. The summed E-state index contributed by atoms with van der Waals surface area (Å²) in [7, 11) is 0. The van der Waals surface area contributed by atoms with Crippen molar-refractivity contribution >= 4 is 27.5 Å². The average Bonchev–Trinajstić information content (AvgIpc) is 2.45. The first-order chi connectivity index (χ1) is 9.61. The first kappa shape index (κ1) is 15.5. The molecule has 2 rings (SSSR count). The van der Waals surface area contributed by atoms with Gasteiger partial charge in [-0.3, -0.25) is 0 Å². The van der Waals surface area contributed by atoms with E-state index in [1.54, 1.807) is 0 Å². The number of aliphatic hydroxyl groups is 1. The molecule has 2 aromatic carbocycles. The molecule has 0 aromatic heterocycles. The molecule has 2 aromatic rings. The molecule has 0 aliphatic rings. The summed E-state index contributed by atoms with van der Waals surface area (Å²) in [5.74, 6) is 0. The molecular weight excluding hydrogens is 338 g/mol. The topological polar surface area (TPSA) is 32.3 Å². The minimum atomic E-state index is -0.106. The molecule has 2 N–H and O–H groups in total. The molecule has 2 nitrogen and oxygen atoms in total. The SMILES string of the molecule is CC(N[C@@H](CO)c1ccccc1)c1ccc(Br)cc1Cl. The summed E-state index contributed by atoms with van der Waals surface area (Å²) in [6.45, 7) is 2.09. The van der Waals surface area contributed by atoms with Gasteiger partial charge in [0.05, 0.1) is 12.6 Å². The zero-order valence-corrected chi connectivity index (χ0v) is 13.5. The normalized spacial score (nSPS) is 14.0. The smallest absolute Gasteiger partial charge is 0.0626 e. The highest BCUT2D eigenvalue weighted by Gasteiger charge is 2.16. The van der Waals surface area contributed by atoms with E-state index >= 15 is 0 Å². The Bertz CT molecular complexity index is 562. The molecule has 0 bridgehead atoms. The standard InChI is InChI=1S/C16H17BrClNO/c1-11(14-8-7-13(17)9-15(14)18)19-16(10-20)12-5-3-2-4-6-12/h2-9,11,16,19-20H,10H2,1H3/t11?,16-/m0/s1. The second kappa shape index (κ2) is 7.23. The molecule has 4 heteroatoms. The van der Waals surface area contributed by atoms with Crippen molar-refractivity contribution in [3.8, 4) is 0 Å². The molecule has 0 amide bonds. The first-order valence-electron chi connectivity index (χ1n) is 6.48. The zero-order chi connectivity index (χ0) is 14.5. The monoisotopic (exact) mass is 353 g/mol. The lowest BCUT2D eigenvalue weighted by atomic mass is 10.0. The van der Waals surface area contributed by atoms with Crippen LogP contribution in [0.25, 0.3) is 0 Å². The van der Waals surface area contributed by atoms with E-state index in [1.807, 2.05) is 55.5 Å². The second-order valence-electron chi connectivity index (χ2n) is 4.70. The summed E-state index contributed by atoms with van der Waals surface area (Å²) >= 11 is 9.67. The van der Waals surface area contributed by atoms with E-state index in [1.165, 1.54) is 0 Å². The van der Waals surface area contributed by atoms with E-state index in [-0.39, 0.29) is 18.7 Å². The Morgan fingerprint density at radius 1 is 1.20 bits per heavy atom. The van der Waals surface area contributed by atoms with E-state index in [4.69, 9.17) is 11.6 Å². The van der Waals surface area contributed by atoms with Gasteiger partial charge in [-0.25, -0.2) is 0 Å². The maximum absolute atomic E-state index is 9.59. The summed E-state index contributed by atoms with van der Waals surface area (Å²) in [5, 5.41) is 13.7. The van der Waals surface area contributed by atoms with Crippen LogP contribution in [-0.4, -0.2) is 11.7 Å². The van der Waals surface area contributed by atoms with Crippen molar-refractivity contribution < 1.29 is 5.11 Å². The number of hydrogen-bond donors (Lipinski definition) is 2. The fourth-order valence-electron chi connectivity index (χ4n) is 2.18. The number of benzene rings is 2. The van der Waals surface area contributed by atoms with Gasteiger partial charge in [0.25, 0.3) is 0 Å². The molecular formula is C16H17BrClNO. The predicted octanol–water partition coefficient (Wildman–Crippen LogP) is 4.49. The highest BCUT2D eigenvalue weighted by molar-refractivity contribution is 9.10. The van der Waals surface area contributed by atoms with Crippen molar-refractivity contribution in [3.63, 3.8) is 0 Å². The summed E-state index contributed by atoms with van der Waals surface area (Å²) in [4.78, 5) is 0. The molecule has 0 saturated heterocycles. The molecule has 0 aliphatic carbocycles. The maximum atomic E-state index is 9.59. The minimum absolute atomic E-state index is 0.0441. The quantitative estimate of drug-likeness (QED) is 0.829. The fourth-order valence-corrected chi connectivity index (χ4v) is 3.02.